The van der Waals surface area contributed by atoms with Crippen LogP contribution < -0.4 is 15.8 Å². The molecule has 3 N–H and O–H groups in total. The third-order valence-corrected chi connectivity index (χ3v) is 2.63. The van der Waals surface area contributed by atoms with Crippen LogP contribution in [0.2, 0.25) is 0 Å². The fourth-order valence-corrected chi connectivity index (χ4v) is 1.65. The molecule has 0 atom stereocenters. The average Bonchev–Trinajstić information content (AvgIpc) is 2.37. The second-order valence-electron chi connectivity index (χ2n) is 4.20. The molecule has 18 heavy (non-hydrogen) atoms. The lowest BCUT2D eigenvalue weighted by Gasteiger charge is -2.06. The Morgan fingerprint density at radius 3 is 2.50 bits per heavy atom. The molecule has 0 aliphatic carbocycles. The Morgan fingerprint density at radius 1 is 1.06 bits per heavy atom. The molecule has 0 radical (unpaired) electrons. The summed E-state index contributed by atoms with van der Waals surface area (Å²) in [7, 11) is 1.51. The highest BCUT2D eigenvalue weighted by Gasteiger charge is 2.03. The molecule has 102 valence electrons. The first kappa shape index (κ1) is 14.5. The zero-order valence-corrected chi connectivity index (χ0v) is 11.3. The minimum absolute atomic E-state index is 0.173. The van der Waals surface area contributed by atoms with E-state index in [-0.39, 0.29) is 12.0 Å². The minimum Gasteiger partial charge on any atom is -0.467 e. The van der Waals surface area contributed by atoms with Crippen LogP contribution in [-0.4, -0.2) is 28.6 Å². The molecule has 6 nitrogen and oxygen atoms in total. The smallest absolute Gasteiger partial charge is 0.322 e. The highest BCUT2D eigenvalue weighted by Crippen LogP contribution is 2.09. The molecule has 0 amide bonds. The Kier molecular flexibility index (Phi) is 6.83. The van der Waals surface area contributed by atoms with Gasteiger partial charge in [0.1, 0.15) is 0 Å². The van der Waals surface area contributed by atoms with Gasteiger partial charge in [-0.3, -0.25) is 0 Å². The van der Waals surface area contributed by atoms with E-state index in [1.807, 2.05) is 0 Å². The number of methoxy groups -OCH3 is 1. The molecule has 1 aromatic heterocycles. The zero-order chi connectivity index (χ0) is 13.2. The summed E-state index contributed by atoms with van der Waals surface area (Å²) in [6.45, 7) is 3.07. The van der Waals surface area contributed by atoms with Gasteiger partial charge in [0.25, 0.3) is 0 Å². The maximum Gasteiger partial charge on any atom is 0.322 e. The molecule has 0 fully saturated rings. The van der Waals surface area contributed by atoms with Crippen molar-refractivity contribution >= 4 is 11.9 Å². The predicted molar refractivity (Wildman–Crippen MR) is 72.7 cm³/mol. The number of unbranched alkanes of at least 4 members (excludes halogenated alkanes) is 5. The number of nitrogens with two attached hydrogens (primary N) is 1. The van der Waals surface area contributed by atoms with Crippen LogP contribution in [0.25, 0.3) is 0 Å². The van der Waals surface area contributed by atoms with Crippen molar-refractivity contribution in [2.75, 3.05) is 24.7 Å². The van der Waals surface area contributed by atoms with E-state index in [0.29, 0.717) is 5.95 Å². The first-order valence-corrected chi connectivity index (χ1v) is 6.55. The quantitative estimate of drug-likeness (QED) is 0.656. The van der Waals surface area contributed by atoms with Crippen molar-refractivity contribution in [2.24, 2.45) is 0 Å². The van der Waals surface area contributed by atoms with E-state index in [2.05, 4.69) is 27.2 Å². The van der Waals surface area contributed by atoms with Crippen LogP contribution in [0.5, 0.6) is 6.01 Å². The molecule has 0 aliphatic heterocycles. The SMILES string of the molecule is CCCCCCCCNc1nc(N)nc(OC)n1. The lowest BCUT2D eigenvalue weighted by Crippen LogP contribution is -2.09. The first-order chi connectivity index (χ1) is 8.76. The number of rotatable bonds is 9. The largest absolute Gasteiger partial charge is 0.467 e. The van der Waals surface area contributed by atoms with Crippen LogP contribution in [-0.2, 0) is 0 Å². The van der Waals surface area contributed by atoms with E-state index in [1.165, 1.54) is 39.2 Å². The average molecular weight is 253 g/mol. The van der Waals surface area contributed by atoms with Crippen LogP contribution in [0.1, 0.15) is 45.4 Å². The molecular formula is C12H23N5O. The molecule has 1 heterocycles. The lowest BCUT2D eigenvalue weighted by molar-refractivity contribution is 0.379. The fraction of sp³-hybridized carbons (Fsp3) is 0.750. The number of aromatic nitrogens is 3. The van der Waals surface area contributed by atoms with E-state index in [9.17, 15) is 0 Å². The van der Waals surface area contributed by atoms with Crippen molar-refractivity contribution in [3.8, 4) is 6.01 Å². The van der Waals surface area contributed by atoms with Gasteiger partial charge in [-0.15, -0.1) is 0 Å². The number of nitrogens with zero attached hydrogens (tertiary/aromatic N) is 3. The van der Waals surface area contributed by atoms with Crippen molar-refractivity contribution in [2.45, 2.75) is 45.4 Å². The van der Waals surface area contributed by atoms with Gasteiger partial charge in [0.2, 0.25) is 11.9 Å². The standard InChI is InChI=1S/C12H23N5O/c1-3-4-5-6-7-8-9-14-11-15-10(13)16-12(17-11)18-2/h3-9H2,1-2H3,(H3,13,14,15,16,17). The summed E-state index contributed by atoms with van der Waals surface area (Å²) < 4.78 is 4.93. The summed E-state index contributed by atoms with van der Waals surface area (Å²) in [4.78, 5) is 11.9. The van der Waals surface area contributed by atoms with Gasteiger partial charge in [-0.1, -0.05) is 39.0 Å². The Balaban J connectivity index is 2.20. The number of ether oxygens (including phenoxy) is 1. The number of anilines is 2. The summed E-state index contributed by atoms with van der Waals surface area (Å²) in [5.41, 5.74) is 5.54. The van der Waals surface area contributed by atoms with Crippen molar-refractivity contribution in [1.29, 1.82) is 0 Å². The second-order valence-corrected chi connectivity index (χ2v) is 4.20. The van der Waals surface area contributed by atoms with Gasteiger partial charge in [0.15, 0.2) is 0 Å². The van der Waals surface area contributed by atoms with Crippen LogP contribution in [0, 0.1) is 0 Å². The highest BCUT2D eigenvalue weighted by atomic mass is 16.5. The number of hydrogen-bond acceptors (Lipinski definition) is 6. The lowest BCUT2D eigenvalue weighted by atomic mass is 10.1. The molecule has 1 aromatic rings. The maximum absolute atomic E-state index is 5.54. The first-order valence-electron chi connectivity index (χ1n) is 6.55. The summed E-state index contributed by atoms with van der Waals surface area (Å²) in [6, 6.07) is 0.243. The van der Waals surface area contributed by atoms with Gasteiger partial charge < -0.3 is 15.8 Å². The second kappa shape index (κ2) is 8.49. The summed E-state index contributed by atoms with van der Waals surface area (Å²) in [5.74, 6) is 0.653. The molecule has 0 aromatic carbocycles. The van der Waals surface area contributed by atoms with E-state index in [1.54, 1.807) is 0 Å². The third kappa shape index (κ3) is 5.65. The molecule has 0 bridgehead atoms. The van der Waals surface area contributed by atoms with E-state index >= 15 is 0 Å². The molecule has 0 unspecified atom stereocenters. The van der Waals surface area contributed by atoms with Gasteiger partial charge in [-0.2, -0.15) is 15.0 Å². The predicted octanol–water partition coefficient (Wildman–Crippen LogP) is 2.23. The van der Waals surface area contributed by atoms with E-state index in [4.69, 9.17) is 10.5 Å². The topological polar surface area (TPSA) is 86.0 Å². The van der Waals surface area contributed by atoms with Crippen molar-refractivity contribution in [3.63, 3.8) is 0 Å². The molecule has 1 rings (SSSR count). The molecule has 0 aliphatic rings. The Morgan fingerprint density at radius 2 is 1.78 bits per heavy atom. The summed E-state index contributed by atoms with van der Waals surface area (Å²) in [6.07, 6.45) is 7.56. The van der Waals surface area contributed by atoms with E-state index < -0.39 is 0 Å². The normalized spacial score (nSPS) is 10.3. The fourth-order valence-electron chi connectivity index (χ4n) is 1.65. The maximum atomic E-state index is 5.54. The molecular weight excluding hydrogens is 230 g/mol. The van der Waals surface area contributed by atoms with Crippen LogP contribution in [0.15, 0.2) is 0 Å². The zero-order valence-electron chi connectivity index (χ0n) is 11.3. The van der Waals surface area contributed by atoms with Gasteiger partial charge in [0.05, 0.1) is 7.11 Å². The summed E-state index contributed by atoms with van der Waals surface area (Å²) >= 11 is 0. The Hall–Kier alpha value is -1.59. The van der Waals surface area contributed by atoms with E-state index in [0.717, 1.165) is 13.0 Å². The van der Waals surface area contributed by atoms with Gasteiger partial charge in [-0.05, 0) is 6.42 Å². The number of hydrogen-bond donors (Lipinski definition) is 2. The van der Waals surface area contributed by atoms with Crippen molar-refractivity contribution in [1.82, 2.24) is 15.0 Å². The molecule has 6 heteroatoms. The molecule has 0 saturated heterocycles. The van der Waals surface area contributed by atoms with Crippen molar-refractivity contribution in [3.05, 3.63) is 0 Å². The van der Waals surface area contributed by atoms with Gasteiger partial charge >= 0.3 is 6.01 Å². The summed E-state index contributed by atoms with van der Waals surface area (Å²) in [5, 5.41) is 3.13. The number of nitrogens with one attached hydrogen (secondary N) is 1. The van der Waals surface area contributed by atoms with Crippen LogP contribution in [0.4, 0.5) is 11.9 Å². The third-order valence-electron chi connectivity index (χ3n) is 2.63. The van der Waals surface area contributed by atoms with Crippen molar-refractivity contribution < 1.29 is 4.74 Å². The van der Waals surface area contributed by atoms with Gasteiger partial charge in [0, 0.05) is 6.54 Å². The minimum atomic E-state index is 0.173. The Bertz CT molecular complexity index is 345. The highest BCUT2D eigenvalue weighted by molar-refractivity contribution is 5.32. The van der Waals surface area contributed by atoms with Crippen LogP contribution in [0.3, 0.4) is 0 Å². The van der Waals surface area contributed by atoms with Crippen LogP contribution >= 0.6 is 0 Å². The monoisotopic (exact) mass is 253 g/mol. The molecule has 0 saturated carbocycles. The van der Waals surface area contributed by atoms with Gasteiger partial charge in [-0.25, -0.2) is 0 Å². The Labute approximate surface area is 108 Å². The number of nitrogen functional groups attached to an aromatic ring is 1. The molecule has 0 spiro atoms.